The molecule has 0 spiro atoms. The second-order valence-corrected chi connectivity index (χ2v) is 4.88. The van der Waals surface area contributed by atoms with Crippen molar-refractivity contribution in [1.82, 2.24) is 10.0 Å². The van der Waals surface area contributed by atoms with Crippen LogP contribution in [0.2, 0.25) is 0 Å². The number of para-hydroxylation sites is 1. The minimum Gasteiger partial charge on any atom is -0.350 e. The van der Waals surface area contributed by atoms with Crippen LogP contribution in [0.5, 0.6) is 0 Å². The second-order valence-electron chi connectivity index (χ2n) is 4.88. The molecule has 20 heavy (non-hydrogen) atoms. The van der Waals surface area contributed by atoms with Crippen molar-refractivity contribution >= 4 is 10.9 Å². The molecule has 3 aromatic rings. The summed E-state index contributed by atoms with van der Waals surface area (Å²) < 4.78 is 2.14. The van der Waals surface area contributed by atoms with E-state index in [1.165, 1.54) is 16.5 Å². The molecule has 1 aromatic heterocycles. The number of aromatic nitrogens is 1. The predicted molar refractivity (Wildman–Crippen MR) is 81.0 cm³/mol. The molecule has 0 bridgehead atoms. The lowest BCUT2D eigenvalue weighted by atomic mass is 10.2. The Balaban J connectivity index is 1.60. The molecule has 3 nitrogen and oxygen atoms in total. The van der Waals surface area contributed by atoms with Crippen LogP contribution in [0, 0.1) is 0 Å². The van der Waals surface area contributed by atoms with Gasteiger partial charge in [0, 0.05) is 30.7 Å². The van der Waals surface area contributed by atoms with Crippen LogP contribution in [0.3, 0.4) is 0 Å². The number of aryl methyl sites for hydroxylation is 1. The minimum atomic E-state index is 0.575. The van der Waals surface area contributed by atoms with Gasteiger partial charge in [-0.15, -0.1) is 0 Å². The summed E-state index contributed by atoms with van der Waals surface area (Å²) in [6, 6.07) is 18.5. The highest BCUT2D eigenvalue weighted by atomic mass is 16.6. The van der Waals surface area contributed by atoms with Gasteiger partial charge in [-0.25, -0.2) is 0 Å². The van der Waals surface area contributed by atoms with Crippen molar-refractivity contribution in [3.05, 3.63) is 71.9 Å². The van der Waals surface area contributed by atoms with Crippen molar-refractivity contribution in [2.75, 3.05) is 0 Å². The first-order valence-electron chi connectivity index (χ1n) is 6.76. The lowest BCUT2D eigenvalue weighted by Gasteiger charge is -2.05. The van der Waals surface area contributed by atoms with Crippen LogP contribution >= 0.6 is 0 Å². The highest BCUT2D eigenvalue weighted by Crippen LogP contribution is 2.19. The van der Waals surface area contributed by atoms with Crippen molar-refractivity contribution in [2.45, 2.75) is 13.2 Å². The highest BCUT2D eigenvalue weighted by molar-refractivity contribution is 5.83. The largest absolute Gasteiger partial charge is 0.350 e. The van der Waals surface area contributed by atoms with E-state index in [2.05, 4.69) is 59.7 Å². The first kappa shape index (κ1) is 12.9. The molecule has 0 aliphatic carbocycles. The Labute approximate surface area is 118 Å². The number of benzene rings is 2. The molecule has 2 aromatic carbocycles. The van der Waals surface area contributed by atoms with Gasteiger partial charge >= 0.3 is 0 Å². The number of hydroxylamine groups is 1. The van der Waals surface area contributed by atoms with Crippen LogP contribution in [-0.2, 0) is 25.0 Å². The molecule has 1 heterocycles. The van der Waals surface area contributed by atoms with E-state index in [1.54, 1.807) is 0 Å². The molecule has 0 amide bonds. The van der Waals surface area contributed by atoms with Gasteiger partial charge in [0.2, 0.25) is 0 Å². The zero-order valence-corrected chi connectivity index (χ0v) is 11.5. The van der Waals surface area contributed by atoms with Gasteiger partial charge in [-0.05, 0) is 17.2 Å². The van der Waals surface area contributed by atoms with Crippen LogP contribution < -0.4 is 5.48 Å². The summed E-state index contributed by atoms with van der Waals surface area (Å²) in [4.78, 5) is 5.52. The Morgan fingerprint density at radius 2 is 1.75 bits per heavy atom. The topological polar surface area (TPSA) is 26.2 Å². The smallest absolute Gasteiger partial charge is 0.0933 e. The fraction of sp³-hybridized carbons (Fsp3) is 0.176. The van der Waals surface area contributed by atoms with Crippen LogP contribution in [0.4, 0.5) is 0 Å². The average Bonchev–Trinajstić information content (AvgIpc) is 2.82. The van der Waals surface area contributed by atoms with Crippen LogP contribution in [0.15, 0.2) is 60.8 Å². The van der Waals surface area contributed by atoms with E-state index in [9.17, 15) is 0 Å². The molecule has 0 saturated carbocycles. The van der Waals surface area contributed by atoms with Gasteiger partial charge in [-0.3, -0.25) is 4.84 Å². The van der Waals surface area contributed by atoms with Gasteiger partial charge in [0.15, 0.2) is 0 Å². The standard InChI is InChI=1S/C17H18N2O/c1-19-12-15(16-9-5-6-10-17(16)19)11-18-20-13-14-7-3-2-4-8-14/h2-10,12,18H,11,13H2,1H3. The fourth-order valence-corrected chi connectivity index (χ4v) is 2.40. The molecule has 0 saturated heterocycles. The summed E-state index contributed by atoms with van der Waals surface area (Å²) >= 11 is 0. The molecule has 102 valence electrons. The Kier molecular flexibility index (Phi) is 3.81. The molecular weight excluding hydrogens is 248 g/mol. The van der Waals surface area contributed by atoms with Crippen molar-refractivity contribution < 1.29 is 4.84 Å². The summed E-state index contributed by atoms with van der Waals surface area (Å²) in [6.07, 6.45) is 2.14. The molecule has 1 N–H and O–H groups in total. The van der Waals surface area contributed by atoms with E-state index in [4.69, 9.17) is 4.84 Å². The summed E-state index contributed by atoms with van der Waals surface area (Å²) in [5.74, 6) is 0. The van der Waals surface area contributed by atoms with Gasteiger partial charge in [-0.1, -0.05) is 48.5 Å². The van der Waals surface area contributed by atoms with E-state index in [0.29, 0.717) is 13.2 Å². The molecule has 0 fully saturated rings. The van der Waals surface area contributed by atoms with Gasteiger partial charge in [-0.2, -0.15) is 5.48 Å². The van der Waals surface area contributed by atoms with E-state index in [0.717, 1.165) is 5.56 Å². The maximum atomic E-state index is 5.52. The molecule has 3 heteroatoms. The Bertz CT molecular complexity index is 689. The summed E-state index contributed by atoms with van der Waals surface area (Å²) in [7, 11) is 2.07. The normalized spacial score (nSPS) is 11.1. The molecule has 0 unspecified atom stereocenters. The Morgan fingerprint density at radius 3 is 2.60 bits per heavy atom. The van der Waals surface area contributed by atoms with Crippen molar-refractivity contribution in [2.24, 2.45) is 7.05 Å². The third-order valence-corrected chi connectivity index (χ3v) is 3.43. The monoisotopic (exact) mass is 266 g/mol. The third kappa shape index (κ3) is 2.74. The number of hydrogen-bond acceptors (Lipinski definition) is 2. The zero-order valence-electron chi connectivity index (χ0n) is 11.5. The van der Waals surface area contributed by atoms with E-state index < -0.39 is 0 Å². The molecule has 0 atom stereocenters. The number of fused-ring (bicyclic) bond motifs is 1. The van der Waals surface area contributed by atoms with Crippen LogP contribution in [-0.4, -0.2) is 4.57 Å². The van der Waals surface area contributed by atoms with Crippen LogP contribution in [0.25, 0.3) is 10.9 Å². The van der Waals surface area contributed by atoms with E-state index in [-0.39, 0.29) is 0 Å². The third-order valence-electron chi connectivity index (χ3n) is 3.43. The number of nitrogens with one attached hydrogen (secondary N) is 1. The van der Waals surface area contributed by atoms with Gasteiger partial charge < -0.3 is 4.57 Å². The lowest BCUT2D eigenvalue weighted by molar-refractivity contribution is 0.0237. The fourth-order valence-electron chi connectivity index (χ4n) is 2.40. The summed E-state index contributed by atoms with van der Waals surface area (Å²) in [5.41, 5.74) is 6.70. The quantitative estimate of drug-likeness (QED) is 0.566. The number of hydrogen-bond donors (Lipinski definition) is 1. The summed E-state index contributed by atoms with van der Waals surface area (Å²) in [6.45, 7) is 1.28. The zero-order chi connectivity index (χ0) is 13.8. The maximum absolute atomic E-state index is 5.52. The summed E-state index contributed by atoms with van der Waals surface area (Å²) in [5, 5.41) is 1.27. The van der Waals surface area contributed by atoms with E-state index >= 15 is 0 Å². The van der Waals surface area contributed by atoms with Crippen molar-refractivity contribution in [3.8, 4) is 0 Å². The van der Waals surface area contributed by atoms with Crippen molar-refractivity contribution in [3.63, 3.8) is 0 Å². The van der Waals surface area contributed by atoms with Gasteiger partial charge in [0.1, 0.15) is 0 Å². The number of nitrogens with zero attached hydrogens (tertiary/aromatic N) is 1. The molecule has 0 aliphatic rings. The minimum absolute atomic E-state index is 0.575. The van der Waals surface area contributed by atoms with Gasteiger partial charge in [0.25, 0.3) is 0 Å². The van der Waals surface area contributed by atoms with Gasteiger partial charge in [0.05, 0.1) is 6.61 Å². The predicted octanol–water partition coefficient (Wildman–Crippen LogP) is 3.40. The average molecular weight is 266 g/mol. The Hall–Kier alpha value is -2.10. The first-order valence-corrected chi connectivity index (χ1v) is 6.76. The second kappa shape index (κ2) is 5.90. The molecule has 0 aliphatic heterocycles. The molecular formula is C17H18N2O. The highest BCUT2D eigenvalue weighted by Gasteiger charge is 2.05. The van der Waals surface area contributed by atoms with Crippen molar-refractivity contribution in [1.29, 1.82) is 0 Å². The molecule has 0 radical (unpaired) electrons. The number of rotatable bonds is 5. The SMILES string of the molecule is Cn1cc(CNOCc2ccccc2)c2ccccc21. The lowest BCUT2D eigenvalue weighted by Crippen LogP contribution is -2.13. The Morgan fingerprint density at radius 1 is 1.00 bits per heavy atom. The van der Waals surface area contributed by atoms with Crippen LogP contribution in [0.1, 0.15) is 11.1 Å². The first-order chi connectivity index (χ1) is 9.84. The van der Waals surface area contributed by atoms with E-state index in [1.807, 2.05) is 18.2 Å². The molecule has 3 rings (SSSR count). The maximum Gasteiger partial charge on any atom is 0.0933 e.